The second-order valence-electron chi connectivity index (χ2n) is 5.79. The lowest BCUT2D eigenvalue weighted by Gasteiger charge is -2.35. The number of nitrogens with two attached hydrogens (primary N) is 1. The van der Waals surface area contributed by atoms with Gasteiger partial charge < -0.3 is 10.5 Å². The van der Waals surface area contributed by atoms with Crippen LogP contribution in [-0.4, -0.2) is 18.9 Å². The summed E-state index contributed by atoms with van der Waals surface area (Å²) >= 11 is 0. The van der Waals surface area contributed by atoms with Gasteiger partial charge in [-0.3, -0.25) is 4.79 Å². The van der Waals surface area contributed by atoms with E-state index in [1.54, 1.807) is 0 Å². The van der Waals surface area contributed by atoms with Crippen molar-refractivity contribution in [3.8, 4) is 5.75 Å². The second kappa shape index (κ2) is 6.89. The fraction of sp³-hybridized carbons (Fsp3) is 0.588. The van der Waals surface area contributed by atoms with Crippen molar-refractivity contribution >= 4 is 5.78 Å². The predicted octanol–water partition coefficient (Wildman–Crippen LogP) is 3.57. The molecule has 0 aromatic heterocycles. The second-order valence-corrected chi connectivity index (χ2v) is 5.79. The Hall–Kier alpha value is -1.35. The molecule has 2 N–H and O–H groups in total. The van der Waals surface area contributed by atoms with Gasteiger partial charge in [0, 0.05) is 6.42 Å². The Labute approximate surface area is 121 Å². The van der Waals surface area contributed by atoms with Gasteiger partial charge in [0.25, 0.3) is 0 Å². The summed E-state index contributed by atoms with van der Waals surface area (Å²) in [7, 11) is 0. The van der Waals surface area contributed by atoms with Crippen LogP contribution in [-0.2, 0) is 0 Å². The summed E-state index contributed by atoms with van der Waals surface area (Å²) in [6.07, 6.45) is 6.35. The maximum atomic E-state index is 12.6. The minimum Gasteiger partial charge on any atom is -0.493 e. The molecule has 2 rings (SSSR count). The molecule has 0 bridgehead atoms. The van der Waals surface area contributed by atoms with Crippen LogP contribution >= 0.6 is 0 Å². The van der Waals surface area contributed by atoms with Gasteiger partial charge >= 0.3 is 0 Å². The average molecular weight is 275 g/mol. The fourth-order valence-electron chi connectivity index (χ4n) is 3.17. The van der Waals surface area contributed by atoms with Crippen molar-refractivity contribution in [3.05, 3.63) is 29.8 Å². The van der Waals surface area contributed by atoms with Gasteiger partial charge in [0.05, 0.1) is 12.2 Å². The zero-order valence-corrected chi connectivity index (χ0v) is 12.4. The predicted molar refractivity (Wildman–Crippen MR) is 81.1 cm³/mol. The molecule has 1 aliphatic carbocycles. The maximum absolute atomic E-state index is 12.6. The van der Waals surface area contributed by atoms with Crippen LogP contribution in [0.1, 0.15) is 55.8 Å². The van der Waals surface area contributed by atoms with E-state index in [1.165, 1.54) is 19.3 Å². The molecular weight excluding hydrogens is 250 g/mol. The summed E-state index contributed by atoms with van der Waals surface area (Å²) in [6, 6.07) is 7.53. The molecule has 1 aliphatic rings. The van der Waals surface area contributed by atoms with Crippen molar-refractivity contribution in [1.82, 2.24) is 0 Å². The van der Waals surface area contributed by atoms with E-state index in [2.05, 4.69) is 0 Å². The molecule has 0 spiro atoms. The highest BCUT2D eigenvalue weighted by atomic mass is 16.5. The first-order chi connectivity index (χ1) is 9.71. The van der Waals surface area contributed by atoms with Crippen LogP contribution < -0.4 is 10.5 Å². The lowest BCUT2D eigenvalue weighted by Crippen LogP contribution is -2.35. The molecule has 20 heavy (non-hydrogen) atoms. The van der Waals surface area contributed by atoms with Gasteiger partial charge in [-0.1, -0.05) is 31.4 Å². The van der Waals surface area contributed by atoms with Crippen molar-refractivity contribution in [2.45, 2.75) is 45.4 Å². The smallest absolute Gasteiger partial charge is 0.167 e. The monoisotopic (exact) mass is 275 g/mol. The molecule has 0 unspecified atom stereocenters. The summed E-state index contributed by atoms with van der Waals surface area (Å²) < 4.78 is 5.56. The van der Waals surface area contributed by atoms with Gasteiger partial charge in [-0.15, -0.1) is 0 Å². The van der Waals surface area contributed by atoms with E-state index in [0.717, 1.165) is 12.8 Å². The number of ketones is 1. The number of Topliss-reactive ketones (excluding diaryl/α,β-unsaturated/α-hetero) is 1. The third kappa shape index (κ3) is 3.40. The first-order valence-electron chi connectivity index (χ1n) is 7.66. The van der Waals surface area contributed by atoms with E-state index in [4.69, 9.17) is 10.5 Å². The first kappa shape index (κ1) is 15.0. The normalized spacial score (nSPS) is 17.7. The van der Waals surface area contributed by atoms with Gasteiger partial charge in [0.2, 0.25) is 0 Å². The summed E-state index contributed by atoms with van der Waals surface area (Å²) in [4.78, 5) is 12.6. The third-order valence-corrected chi connectivity index (χ3v) is 4.37. The Bertz CT molecular complexity index is 450. The van der Waals surface area contributed by atoms with Crippen LogP contribution in [0.5, 0.6) is 5.75 Å². The van der Waals surface area contributed by atoms with Crippen molar-refractivity contribution in [1.29, 1.82) is 0 Å². The Morgan fingerprint density at radius 2 is 1.95 bits per heavy atom. The zero-order valence-electron chi connectivity index (χ0n) is 12.4. The molecule has 1 saturated carbocycles. The highest BCUT2D eigenvalue weighted by Gasteiger charge is 2.33. The standard InChI is InChI=1S/C17H25NO2/c1-2-20-16-9-5-4-8-14(16)15(19)12-17(13-18)10-6-3-7-11-17/h4-5,8-9H,2-3,6-7,10-13,18H2,1H3. The summed E-state index contributed by atoms with van der Waals surface area (Å²) in [5.41, 5.74) is 6.69. The summed E-state index contributed by atoms with van der Waals surface area (Å²) in [5, 5.41) is 0. The van der Waals surface area contributed by atoms with Gasteiger partial charge in [0.15, 0.2) is 5.78 Å². The molecule has 3 nitrogen and oxygen atoms in total. The Kier molecular flexibility index (Phi) is 5.18. The molecule has 1 aromatic rings. The van der Waals surface area contributed by atoms with Gasteiger partial charge in [-0.05, 0) is 43.9 Å². The Morgan fingerprint density at radius 3 is 2.60 bits per heavy atom. The quantitative estimate of drug-likeness (QED) is 0.807. The van der Waals surface area contributed by atoms with E-state index < -0.39 is 0 Å². The van der Waals surface area contributed by atoms with Crippen LogP contribution in [0.15, 0.2) is 24.3 Å². The molecule has 0 atom stereocenters. The highest BCUT2D eigenvalue weighted by Crippen LogP contribution is 2.39. The molecule has 3 heteroatoms. The van der Waals surface area contributed by atoms with Crippen molar-refractivity contribution in [2.75, 3.05) is 13.2 Å². The molecule has 0 amide bonds. The summed E-state index contributed by atoms with van der Waals surface area (Å²) in [6.45, 7) is 3.12. The van der Waals surface area contributed by atoms with Crippen molar-refractivity contribution in [3.63, 3.8) is 0 Å². The number of carbonyl (C=O) groups is 1. The van der Waals surface area contributed by atoms with E-state index in [1.807, 2.05) is 31.2 Å². The fourth-order valence-corrected chi connectivity index (χ4v) is 3.17. The van der Waals surface area contributed by atoms with Crippen LogP contribution in [0.3, 0.4) is 0 Å². The minimum absolute atomic E-state index is 0.00859. The van der Waals surface area contributed by atoms with Crippen LogP contribution in [0.2, 0.25) is 0 Å². The van der Waals surface area contributed by atoms with Gasteiger partial charge in [0.1, 0.15) is 5.75 Å². The van der Waals surface area contributed by atoms with Crippen LogP contribution in [0.25, 0.3) is 0 Å². The minimum atomic E-state index is 0.00859. The van der Waals surface area contributed by atoms with Gasteiger partial charge in [-0.25, -0.2) is 0 Å². The van der Waals surface area contributed by atoms with Crippen LogP contribution in [0.4, 0.5) is 0 Å². The number of ether oxygens (including phenoxy) is 1. The Morgan fingerprint density at radius 1 is 1.25 bits per heavy atom. The van der Waals surface area contributed by atoms with E-state index in [9.17, 15) is 4.79 Å². The van der Waals surface area contributed by atoms with E-state index in [-0.39, 0.29) is 11.2 Å². The maximum Gasteiger partial charge on any atom is 0.167 e. The Balaban J connectivity index is 2.14. The summed E-state index contributed by atoms with van der Waals surface area (Å²) in [5.74, 6) is 0.865. The van der Waals surface area contributed by atoms with Crippen molar-refractivity contribution < 1.29 is 9.53 Å². The van der Waals surface area contributed by atoms with Crippen LogP contribution in [0, 0.1) is 5.41 Å². The third-order valence-electron chi connectivity index (χ3n) is 4.37. The zero-order chi connectivity index (χ0) is 14.4. The largest absolute Gasteiger partial charge is 0.493 e. The number of hydrogen-bond donors (Lipinski definition) is 1. The number of benzene rings is 1. The molecule has 1 fully saturated rings. The molecule has 0 aliphatic heterocycles. The molecule has 0 heterocycles. The molecular formula is C17H25NO2. The van der Waals surface area contributed by atoms with E-state index in [0.29, 0.717) is 30.9 Å². The number of hydrogen-bond acceptors (Lipinski definition) is 3. The number of rotatable bonds is 6. The van der Waals surface area contributed by atoms with Gasteiger partial charge in [-0.2, -0.15) is 0 Å². The molecule has 0 radical (unpaired) electrons. The number of carbonyl (C=O) groups excluding carboxylic acids is 1. The van der Waals surface area contributed by atoms with E-state index >= 15 is 0 Å². The molecule has 1 aromatic carbocycles. The lowest BCUT2D eigenvalue weighted by atomic mass is 9.70. The lowest BCUT2D eigenvalue weighted by molar-refractivity contribution is 0.0864. The first-order valence-corrected chi connectivity index (χ1v) is 7.66. The van der Waals surface area contributed by atoms with Crippen molar-refractivity contribution in [2.24, 2.45) is 11.1 Å². The topological polar surface area (TPSA) is 52.3 Å². The molecule has 110 valence electrons. The highest BCUT2D eigenvalue weighted by molar-refractivity contribution is 5.99. The number of para-hydroxylation sites is 1. The SMILES string of the molecule is CCOc1ccccc1C(=O)CC1(CN)CCCCC1. The molecule has 0 saturated heterocycles. The average Bonchev–Trinajstić information content (AvgIpc) is 2.49.